The molecule has 0 radical (unpaired) electrons. The topological polar surface area (TPSA) is 47.1 Å². The third-order valence-electron chi connectivity index (χ3n) is 2.69. The summed E-state index contributed by atoms with van der Waals surface area (Å²) in [5.41, 5.74) is 6.71. The first-order valence-electron chi connectivity index (χ1n) is 5.83. The van der Waals surface area contributed by atoms with Crippen LogP contribution in [-0.2, 0) is 6.54 Å². The van der Waals surface area contributed by atoms with Gasteiger partial charge in [0, 0.05) is 12.6 Å². The van der Waals surface area contributed by atoms with E-state index in [1.54, 1.807) is 20.8 Å². The highest BCUT2D eigenvalue weighted by molar-refractivity contribution is 5.66. The predicted octanol–water partition coefficient (Wildman–Crippen LogP) is 2.57. The monoisotopic (exact) mass is 264 g/mol. The van der Waals surface area contributed by atoms with E-state index in [0.29, 0.717) is 23.7 Å². The van der Waals surface area contributed by atoms with Gasteiger partial charge in [-0.15, -0.1) is 0 Å². The maximum absolute atomic E-state index is 12.6. The van der Waals surface area contributed by atoms with E-state index in [1.807, 2.05) is 6.92 Å². The fraction of sp³-hybridized carbons (Fsp3) is 0.727. The molecule has 0 fully saturated rings. The first kappa shape index (κ1) is 14.7. The minimum absolute atomic E-state index is 0.310. The van der Waals surface area contributed by atoms with Crippen LogP contribution in [0.2, 0.25) is 0 Å². The summed E-state index contributed by atoms with van der Waals surface area (Å²) in [5, 5.41) is 4.14. The van der Waals surface area contributed by atoms with Crippen molar-refractivity contribution in [2.45, 2.75) is 46.5 Å². The molecule has 0 bridgehead atoms. The zero-order valence-electron chi connectivity index (χ0n) is 11.0. The van der Waals surface area contributed by atoms with Gasteiger partial charge in [-0.1, -0.05) is 0 Å². The molecular weight excluding hydrogens is 245 g/mol. The molecule has 18 heavy (non-hydrogen) atoms. The van der Waals surface area contributed by atoms with Crippen molar-refractivity contribution in [3.05, 3.63) is 5.69 Å². The van der Waals surface area contributed by atoms with Crippen molar-refractivity contribution in [2.75, 3.05) is 17.2 Å². The van der Waals surface area contributed by atoms with E-state index in [0.717, 1.165) is 0 Å². The van der Waals surface area contributed by atoms with E-state index in [1.165, 1.54) is 9.58 Å². The molecule has 0 unspecified atom stereocenters. The standard InChI is InChI=1S/C11H19F3N4/c1-5-18-10(9(15)8(4)16-18)17(7(2)3)6-11(12,13)14/h7H,5-6,15H2,1-4H3. The van der Waals surface area contributed by atoms with Gasteiger partial charge in [-0.05, 0) is 27.7 Å². The van der Waals surface area contributed by atoms with Gasteiger partial charge in [-0.2, -0.15) is 18.3 Å². The number of rotatable bonds is 4. The minimum Gasteiger partial charge on any atom is -0.394 e. The van der Waals surface area contributed by atoms with Gasteiger partial charge in [0.2, 0.25) is 0 Å². The van der Waals surface area contributed by atoms with Crippen LogP contribution in [0.15, 0.2) is 0 Å². The molecule has 0 aliphatic carbocycles. The third-order valence-corrected chi connectivity index (χ3v) is 2.69. The average Bonchev–Trinajstić information content (AvgIpc) is 2.50. The molecule has 104 valence electrons. The number of aryl methyl sites for hydroxylation is 2. The van der Waals surface area contributed by atoms with Gasteiger partial charge < -0.3 is 10.6 Å². The highest BCUT2D eigenvalue weighted by Gasteiger charge is 2.34. The van der Waals surface area contributed by atoms with Gasteiger partial charge in [-0.25, -0.2) is 4.68 Å². The highest BCUT2D eigenvalue weighted by atomic mass is 19.4. The van der Waals surface area contributed by atoms with Crippen molar-refractivity contribution in [3.8, 4) is 0 Å². The first-order chi connectivity index (χ1) is 8.17. The number of nitrogen functional groups attached to an aromatic ring is 1. The summed E-state index contributed by atoms with van der Waals surface area (Å²) in [5.74, 6) is 0.349. The summed E-state index contributed by atoms with van der Waals surface area (Å²) >= 11 is 0. The molecule has 2 N–H and O–H groups in total. The number of aromatic nitrogens is 2. The normalized spacial score (nSPS) is 12.2. The second kappa shape index (κ2) is 5.07. The Morgan fingerprint density at radius 1 is 1.39 bits per heavy atom. The van der Waals surface area contributed by atoms with Crippen molar-refractivity contribution in [1.29, 1.82) is 0 Å². The smallest absolute Gasteiger partial charge is 0.394 e. The number of hydrogen-bond acceptors (Lipinski definition) is 3. The van der Waals surface area contributed by atoms with Crippen molar-refractivity contribution in [3.63, 3.8) is 0 Å². The number of halogens is 3. The summed E-state index contributed by atoms with van der Waals surface area (Å²) in [4.78, 5) is 1.23. The molecule has 1 heterocycles. The van der Waals surface area contributed by atoms with E-state index in [-0.39, 0.29) is 6.04 Å². The molecule has 0 aliphatic rings. The van der Waals surface area contributed by atoms with Gasteiger partial charge >= 0.3 is 6.18 Å². The number of hydrogen-bond donors (Lipinski definition) is 1. The van der Waals surface area contributed by atoms with Crippen LogP contribution in [0.5, 0.6) is 0 Å². The Balaban J connectivity index is 3.21. The number of alkyl halides is 3. The summed E-state index contributed by atoms with van der Waals surface area (Å²) < 4.78 is 39.4. The molecule has 1 aromatic heterocycles. The molecule has 0 amide bonds. The summed E-state index contributed by atoms with van der Waals surface area (Å²) in [6, 6.07) is -0.310. The Morgan fingerprint density at radius 2 is 1.94 bits per heavy atom. The first-order valence-corrected chi connectivity index (χ1v) is 5.83. The van der Waals surface area contributed by atoms with Crippen LogP contribution >= 0.6 is 0 Å². The Hall–Kier alpha value is -1.40. The average molecular weight is 264 g/mol. The molecule has 0 aliphatic heterocycles. The second-order valence-electron chi connectivity index (χ2n) is 4.48. The van der Waals surface area contributed by atoms with Crippen LogP contribution in [0, 0.1) is 6.92 Å². The van der Waals surface area contributed by atoms with Gasteiger partial charge in [0.05, 0.1) is 11.4 Å². The van der Waals surface area contributed by atoms with Crippen LogP contribution in [0.4, 0.5) is 24.7 Å². The lowest BCUT2D eigenvalue weighted by Gasteiger charge is -2.30. The van der Waals surface area contributed by atoms with E-state index >= 15 is 0 Å². The van der Waals surface area contributed by atoms with Gasteiger partial charge in [0.25, 0.3) is 0 Å². The van der Waals surface area contributed by atoms with Crippen molar-refractivity contribution >= 4 is 11.5 Å². The van der Waals surface area contributed by atoms with Crippen molar-refractivity contribution < 1.29 is 13.2 Å². The van der Waals surface area contributed by atoms with Gasteiger partial charge in [0.15, 0.2) is 5.82 Å². The molecule has 0 atom stereocenters. The minimum atomic E-state index is -4.27. The summed E-state index contributed by atoms with van der Waals surface area (Å²) in [7, 11) is 0. The van der Waals surface area contributed by atoms with Gasteiger partial charge in [-0.3, -0.25) is 0 Å². The Bertz CT molecular complexity index is 409. The molecule has 7 heteroatoms. The Labute approximate surface area is 105 Å². The summed E-state index contributed by atoms with van der Waals surface area (Å²) in [6.45, 7) is 6.37. The quantitative estimate of drug-likeness (QED) is 0.909. The molecular formula is C11H19F3N4. The van der Waals surface area contributed by atoms with E-state index in [9.17, 15) is 13.2 Å². The van der Waals surface area contributed by atoms with E-state index < -0.39 is 12.7 Å². The Kier molecular flexibility index (Phi) is 4.13. The molecule has 4 nitrogen and oxygen atoms in total. The maximum atomic E-state index is 12.6. The lowest BCUT2D eigenvalue weighted by molar-refractivity contribution is -0.120. The van der Waals surface area contributed by atoms with Crippen LogP contribution in [0.3, 0.4) is 0 Å². The largest absolute Gasteiger partial charge is 0.405 e. The highest BCUT2D eigenvalue weighted by Crippen LogP contribution is 2.30. The maximum Gasteiger partial charge on any atom is 0.405 e. The summed E-state index contributed by atoms with van der Waals surface area (Å²) in [6.07, 6.45) is -4.27. The number of nitrogens with two attached hydrogens (primary N) is 1. The van der Waals surface area contributed by atoms with Crippen LogP contribution < -0.4 is 10.6 Å². The molecule has 1 rings (SSSR count). The molecule has 0 spiro atoms. The number of anilines is 2. The van der Waals surface area contributed by atoms with E-state index in [4.69, 9.17) is 5.73 Å². The van der Waals surface area contributed by atoms with E-state index in [2.05, 4.69) is 5.10 Å². The second-order valence-corrected chi connectivity index (χ2v) is 4.48. The fourth-order valence-corrected chi connectivity index (χ4v) is 1.80. The molecule has 0 aromatic carbocycles. The SMILES string of the molecule is CCn1nc(C)c(N)c1N(CC(F)(F)F)C(C)C. The van der Waals surface area contributed by atoms with Crippen LogP contribution in [0.25, 0.3) is 0 Å². The fourth-order valence-electron chi connectivity index (χ4n) is 1.80. The van der Waals surface area contributed by atoms with Crippen molar-refractivity contribution in [2.24, 2.45) is 0 Å². The zero-order valence-corrected chi connectivity index (χ0v) is 11.0. The predicted molar refractivity (Wildman–Crippen MR) is 65.6 cm³/mol. The van der Waals surface area contributed by atoms with Crippen LogP contribution in [-0.4, -0.2) is 28.5 Å². The lowest BCUT2D eigenvalue weighted by atomic mass is 10.2. The van der Waals surface area contributed by atoms with Gasteiger partial charge in [0.1, 0.15) is 6.54 Å². The molecule has 0 saturated heterocycles. The third kappa shape index (κ3) is 3.08. The van der Waals surface area contributed by atoms with Crippen molar-refractivity contribution in [1.82, 2.24) is 9.78 Å². The zero-order chi connectivity index (χ0) is 14.1. The van der Waals surface area contributed by atoms with Crippen LogP contribution in [0.1, 0.15) is 26.5 Å². The number of nitrogens with zero attached hydrogens (tertiary/aromatic N) is 3. The molecule has 1 aromatic rings. The Morgan fingerprint density at radius 3 is 2.33 bits per heavy atom. The lowest BCUT2D eigenvalue weighted by Crippen LogP contribution is -2.40. The molecule has 0 saturated carbocycles.